The SMILES string of the molecule is Cl.O=c1[nH]cc(-c2nccs2)c(=O)[nH]1. The fraction of sp³-hybridized carbons (Fsp3) is 0. The lowest BCUT2D eigenvalue weighted by Gasteiger charge is -1.91. The van der Waals surface area contributed by atoms with E-state index in [4.69, 9.17) is 0 Å². The van der Waals surface area contributed by atoms with Crippen LogP contribution in [0.3, 0.4) is 0 Å². The lowest BCUT2D eigenvalue weighted by molar-refractivity contribution is 1.04. The third-order valence-electron chi connectivity index (χ3n) is 1.48. The minimum absolute atomic E-state index is 0. The summed E-state index contributed by atoms with van der Waals surface area (Å²) in [6.07, 6.45) is 2.96. The number of nitrogens with zero attached hydrogens (tertiary/aromatic N) is 1. The van der Waals surface area contributed by atoms with Gasteiger partial charge in [0, 0.05) is 17.8 Å². The second-order valence-corrected chi connectivity index (χ2v) is 3.22. The van der Waals surface area contributed by atoms with E-state index in [9.17, 15) is 9.59 Å². The number of aromatic amines is 2. The number of halogens is 1. The molecule has 0 radical (unpaired) electrons. The van der Waals surface area contributed by atoms with Crippen molar-refractivity contribution < 1.29 is 0 Å². The molecule has 2 aromatic heterocycles. The van der Waals surface area contributed by atoms with E-state index in [1.165, 1.54) is 17.5 Å². The van der Waals surface area contributed by atoms with Gasteiger partial charge in [0.05, 0.1) is 5.56 Å². The predicted molar refractivity (Wildman–Crippen MR) is 56.0 cm³/mol. The zero-order valence-electron chi connectivity index (χ0n) is 6.81. The van der Waals surface area contributed by atoms with Crippen LogP contribution in [0.2, 0.25) is 0 Å². The van der Waals surface area contributed by atoms with Gasteiger partial charge in [-0.2, -0.15) is 0 Å². The Morgan fingerprint density at radius 2 is 2.14 bits per heavy atom. The van der Waals surface area contributed by atoms with Crippen molar-refractivity contribution in [1.29, 1.82) is 0 Å². The summed E-state index contributed by atoms with van der Waals surface area (Å²) >= 11 is 1.34. The Hall–Kier alpha value is -1.40. The summed E-state index contributed by atoms with van der Waals surface area (Å²) in [5.41, 5.74) is -0.543. The molecule has 0 fully saturated rings. The number of hydrogen-bond donors (Lipinski definition) is 2. The molecule has 0 saturated carbocycles. The highest BCUT2D eigenvalue weighted by Gasteiger charge is 2.04. The fourth-order valence-corrected chi connectivity index (χ4v) is 1.58. The van der Waals surface area contributed by atoms with E-state index in [0.29, 0.717) is 10.6 Å². The molecule has 14 heavy (non-hydrogen) atoms. The molecule has 5 nitrogen and oxygen atoms in total. The summed E-state index contributed by atoms with van der Waals surface area (Å²) in [5.74, 6) is 0. The van der Waals surface area contributed by atoms with E-state index >= 15 is 0 Å². The normalized spacial score (nSPS) is 9.43. The zero-order valence-corrected chi connectivity index (χ0v) is 8.45. The average Bonchev–Trinajstić information content (AvgIpc) is 2.56. The van der Waals surface area contributed by atoms with Crippen LogP contribution in [0.1, 0.15) is 0 Å². The first kappa shape index (κ1) is 10.7. The monoisotopic (exact) mass is 231 g/mol. The topological polar surface area (TPSA) is 78.6 Å². The van der Waals surface area contributed by atoms with Gasteiger partial charge in [-0.15, -0.1) is 23.7 Å². The molecule has 2 N–H and O–H groups in total. The molecule has 2 aromatic rings. The first-order valence-corrected chi connectivity index (χ1v) is 4.37. The molecule has 7 heteroatoms. The smallest absolute Gasteiger partial charge is 0.313 e. The predicted octanol–water partition coefficient (Wildman–Crippen LogP) is 0.608. The summed E-state index contributed by atoms with van der Waals surface area (Å²) in [6, 6.07) is 0. The largest absolute Gasteiger partial charge is 0.325 e. The number of aromatic nitrogens is 3. The van der Waals surface area contributed by atoms with Gasteiger partial charge in [0.25, 0.3) is 5.56 Å². The molecule has 0 aliphatic rings. The number of thiazole rings is 1. The first-order valence-electron chi connectivity index (χ1n) is 3.49. The highest BCUT2D eigenvalue weighted by atomic mass is 35.5. The summed E-state index contributed by atoms with van der Waals surface area (Å²) < 4.78 is 0. The summed E-state index contributed by atoms with van der Waals surface area (Å²) in [5, 5.41) is 2.36. The number of hydrogen-bond acceptors (Lipinski definition) is 4. The number of nitrogens with one attached hydrogen (secondary N) is 2. The third kappa shape index (κ3) is 1.91. The summed E-state index contributed by atoms with van der Waals surface area (Å²) in [4.78, 5) is 30.4. The van der Waals surface area contributed by atoms with Crippen LogP contribution < -0.4 is 11.2 Å². The number of H-pyrrole nitrogens is 2. The maximum Gasteiger partial charge on any atom is 0.325 e. The average molecular weight is 232 g/mol. The fourth-order valence-electron chi connectivity index (χ4n) is 0.925. The quantitative estimate of drug-likeness (QED) is 0.755. The van der Waals surface area contributed by atoms with E-state index < -0.39 is 11.2 Å². The maximum absolute atomic E-state index is 11.2. The Morgan fingerprint density at radius 1 is 1.36 bits per heavy atom. The van der Waals surface area contributed by atoms with Gasteiger partial charge >= 0.3 is 5.69 Å². The summed E-state index contributed by atoms with van der Waals surface area (Å²) in [6.45, 7) is 0. The second kappa shape index (κ2) is 4.21. The first-order chi connectivity index (χ1) is 6.27. The molecule has 0 bridgehead atoms. The van der Waals surface area contributed by atoms with Crippen molar-refractivity contribution in [2.45, 2.75) is 0 Å². The van der Waals surface area contributed by atoms with Crippen LogP contribution in [0.5, 0.6) is 0 Å². The summed E-state index contributed by atoms with van der Waals surface area (Å²) in [7, 11) is 0. The molecule has 0 atom stereocenters. The van der Waals surface area contributed by atoms with Crippen molar-refractivity contribution in [2.75, 3.05) is 0 Å². The van der Waals surface area contributed by atoms with Gasteiger partial charge in [0.1, 0.15) is 5.01 Å². The molecule has 0 saturated heterocycles. The van der Waals surface area contributed by atoms with E-state index in [0.717, 1.165) is 0 Å². The number of rotatable bonds is 1. The van der Waals surface area contributed by atoms with Crippen LogP contribution in [0.15, 0.2) is 27.4 Å². The third-order valence-corrected chi connectivity index (χ3v) is 2.29. The van der Waals surface area contributed by atoms with Crippen LogP contribution in [-0.4, -0.2) is 15.0 Å². The van der Waals surface area contributed by atoms with Crippen LogP contribution in [0.25, 0.3) is 10.6 Å². The Balaban J connectivity index is 0.000000980. The van der Waals surface area contributed by atoms with Crippen LogP contribution >= 0.6 is 23.7 Å². The van der Waals surface area contributed by atoms with E-state index in [-0.39, 0.29) is 12.4 Å². The van der Waals surface area contributed by atoms with Crippen molar-refractivity contribution in [2.24, 2.45) is 0 Å². The molecule has 0 amide bonds. The highest BCUT2D eigenvalue weighted by Crippen LogP contribution is 2.15. The molecule has 2 heterocycles. The van der Waals surface area contributed by atoms with Gasteiger partial charge < -0.3 is 4.98 Å². The second-order valence-electron chi connectivity index (χ2n) is 2.32. The molecule has 0 aliphatic heterocycles. The van der Waals surface area contributed by atoms with E-state index in [1.807, 2.05) is 0 Å². The van der Waals surface area contributed by atoms with Crippen molar-refractivity contribution >= 4 is 23.7 Å². The van der Waals surface area contributed by atoms with Crippen molar-refractivity contribution in [3.05, 3.63) is 38.6 Å². The Labute approximate surface area is 88.3 Å². The molecular weight excluding hydrogens is 226 g/mol. The molecule has 0 unspecified atom stereocenters. The van der Waals surface area contributed by atoms with Crippen molar-refractivity contribution in [3.8, 4) is 10.6 Å². The minimum Gasteiger partial charge on any atom is -0.313 e. The standard InChI is InChI=1S/C7H5N3O2S.ClH/c11-5-4(3-9-7(12)10-5)6-8-1-2-13-6;/h1-3H,(H2,9,10,11,12);1H. The Morgan fingerprint density at radius 3 is 2.71 bits per heavy atom. The lowest BCUT2D eigenvalue weighted by Crippen LogP contribution is -2.22. The Kier molecular flexibility index (Phi) is 3.21. The molecule has 2 rings (SSSR count). The molecular formula is C7H6ClN3O2S. The van der Waals surface area contributed by atoms with Gasteiger partial charge in [0.15, 0.2) is 0 Å². The van der Waals surface area contributed by atoms with Crippen LogP contribution in [0, 0.1) is 0 Å². The van der Waals surface area contributed by atoms with Gasteiger partial charge in [0.2, 0.25) is 0 Å². The molecule has 0 aliphatic carbocycles. The molecule has 74 valence electrons. The molecule has 0 aromatic carbocycles. The van der Waals surface area contributed by atoms with Gasteiger partial charge in [-0.25, -0.2) is 9.78 Å². The van der Waals surface area contributed by atoms with Crippen molar-refractivity contribution in [1.82, 2.24) is 15.0 Å². The maximum atomic E-state index is 11.2. The van der Waals surface area contributed by atoms with Crippen LogP contribution in [-0.2, 0) is 0 Å². The Bertz CT molecular complexity index is 516. The van der Waals surface area contributed by atoms with Gasteiger partial charge in [-0.05, 0) is 0 Å². The zero-order chi connectivity index (χ0) is 9.26. The van der Waals surface area contributed by atoms with Crippen molar-refractivity contribution in [3.63, 3.8) is 0 Å². The van der Waals surface area contributed by atoms with E-state index in [1.54, 1.807) is 11.6 Å². The minimum atomic E-state index is -0.509. The van der Waals surface area contributed by atoms with Gasteiger partial charge in [-0.3, -0.25) is 9.78 Å². The molecule has 0 spiro atoms. The van der Waals surface area contributed by atoms with Crippen LogP contribution in [0.4, 0.5) is 0 Å². The lowest BCUT2D eigenvalue weighted by atomic mass is 10.3. The van der Waals surface area contributed by atoms with E-state index in [2.05, 4.69) is 15.0 Å². The highest BCUT2D eigenvalue weighted by molar-refractivity contribution is 7.13. The van der Waals surface area contributed by atoms with Gasteiger partial charge in [-0.1, -0.05) is 0 Å².